The molecule has 0 spiro atoms. The molecule has 0 radical (unpaired) electrons. The average Bonchev–Trinajstić information content (AvgIpc) is 2.51. The Morgan fingerprint density at radius 2 is 1.12 bits per heavy atom. The van der Waals surface area contributed by atoms with Crippen molar-refractivity contribution in [2.24, 2.45) is 0 Å². The molecular weight excluding hydrogens is 425 g/mol. The first-order chi connectivity index (χ1) is 11.5. The van der Waals surface area contributed by atoms with Crippen LogP contribution in [0, 0.1) is 0 Å². The van der Waals surface area contributed by atoms with Crippen LogP contribution in [0.1, 0.15) is 96.8 Å². The van der Waals surface area contributed by atoms with Crippen LogP contribution in [0.4, 0.5) is 0 Å². The zero-order valence-corrected chi connectivity index (χ0v) is 19.5. The number of aliphatic hydroxyl groups excluding tert-OH is 2. The van der Waals surface area contributed by atoms with E-state index in [0.29, 0.717) is 4.48 Å². The minimum Gasteiger partial charge on any atom is -1.00 e. The lowest BCUT2D eigenvalue weighted by Crippen LogP contribution is -3.00. The molecule has 3 nitrogen and oxygen atoms in total. The van der Waals surface area contributed by atoms with Crippen LogP contribution < -0.4 is 24.0 Å². The average molecular weight is 472 g/mol. The molecule has 25 heavy (non-hydrogen) atoms. The van der Waals surface area contributed by atoms with E-state index in [1.807, 2.05) is 0 Å². The lowest BCUT2D eigenvalue weighted by molar-refractivity contribution is -0.893. The van der Waals surface area contributed by atoms with Gasteiger partial charge in [0.25, 0.3) is 0 Å². The number of unbranched alkanes of at least 4 members (excludes halogenated alkanes) is 12. The topological polar surface area (TPSA) is 40.5 Å². The van der Waals surface area contributed by atoms with E-state index in [9.17, 15) is 5.11 Å². The van der Waals surface area contributed by atoms with Crippen LogP contribution in [-0.4, -0.2) is 54.6 Å². The van der Waals surface area contributed by atoms with E-state index >= 15 is 0 Å². The van der Waals surface area contributed by atoms with Crippen molar-refractivity contribution in [1.29, 1.82) is 0 Å². The Morgan fingerprint density at radius 1 is 0.720 bits per heavy atom. The molecule has 0 saturated carbocycles. The van der Waals surface area contributed by atoms with Crippen molar-refractivity contribution in [3.63, 3.8) is 0 Å². The van der Waals surface area contributed by atoms with Crippen LogP contribution in [0.5, 0.6) is 0 Å². The molecule has 0 saturated heterocycles. The SMILES string of the molecule is CCCCCCCCCCCCCCCC(O)C[N+](C)(C)CCO.[I-]. The summed E-state index contributed by atoms with van der Waals surface area (Å²) in [5, 5.41) is 19.1. The molecule has 4 heteroatoms. The van der Waals surface area contributed by atoms with Gasteiger partial charge in [0.15, 0.2) is 0 Å². The van der Waals surface area contributed by atoms with Gasteiger partial charge in [0.05, 0.1) is 20.7 Å². The maximum atomic E-state index is 10.1. The van der Waals surface area contributed by atoms with E-state index in [-0.39, 0.29) is 36.7 Å². The molecule has 0 aromatic rings. The number of halogens is 1. The Bertz CT molecular complexity index is 262. The maximum absolute atomic E-state index is 10.1. The zero-order chi connectivity index (χ0) is 18.1. The lowest BCUT2D eigenvalue weighted by Gasteiger charge is -2.31. The van der Waals surface area contributed by atoms with Crippen LogP contribution in [0.25, 0.3) is 0 Å². The number of rotatable bonds is 18. The van der Waals surface area contributed by atoms with Gasteiger partial charge in [-0.15, -0.1) is 0 Å². The van der Waals surface area contributed by atoms with Crippen LogP contribution in [-0.2, 0) is 0 Å². The first-order valence-electron chi connectivity index (χ1n) is 10.6. The molecule has 0 amide bonds. The molecule has 0 aliphatic rings. The second-order valence-electron chi connectivity index (χ2n) is 8.25. The van der Waals surface area contributed by atoms with Crippen LogP contribution in [0.3, 0.4) is 0 Å². The predicted octanol–water partition coefficient (Wildman–Crippen LogP) is 1.90. The molecule has 1 atom stereocenters. The summed E-state index contributed by atoms with van der Waals surface area (Å²) in [7, 11) is 4.15. The fraction of sp³-hybridized carbons (Fsp3) is 1.00. The lowest BCUT2D eigenvalue weighted by atomic mass is 10.0. The summed E-state index contributed by atoms with van der Waals surface area (Å²) in [6.07, 6.45) is 18.4. The molecule has 154 valence electrons. The van der Waals surface area contributed by atoms with Gasteiger partial charge in [-0.25, -0.2) is 0 Å². The van der Waals surface area contributed by atoms with Gasteiger partial charge >= 0.3 is 0 Å². The van der Waals surface area contributed by atoms with Crippen molar-refractivity contribution in [2.45, 2.75) is 103 Å². The minimum atomic E-state index is -0.223. The summed E-state index contributed by atoms with van der Waals surface area (Å²) in [4.78, 5) is 0. The highest BCUT2D eigenvalue weighted by molar-refractivity contribution is 4.56. The molecule has 2 N–H and O–H groups in total. The molecule has 0 aliphatic carbocycles. The zero-order valence-electron chi connectivity index (χ0n) is 17.3. The number of hydrogen-bond acceptors (Lipinski definition) is 2. The monoisotopic (exact) mass is 471 g/mol. The first-order valence-corrected chi connectivity index (χ1v) is 10.6. The third kappa shape index (κ3) is 20.8. The smallest absolute Gasteiger partial charge is 0.105 e. The molecule has 0 bridgehead atoms. The van der Waals surface area contributed by atoms with Gasteiger partial charge < -0.3 is 38.7 Å². The van der Waals surface area contributed by atoms with Crippen molar-refractivity contribution < 1.29 is 38.7 Å². The van der Waals surface area contributed by atoms with Gasteiger partial charge in [0, 0.05) is 0 Å². The van der Waals surface area contributed by atoms with E-state index in [1.165, 1.54) is 77.0 Å². The standard InChI is InChI=1S/C21H46NO2.HI/c1-4-5-6-7-8-9-10-11-12-13-14-15-16-17-21(24)20-22(2,3)18-19-23;/h21,23-24H,4-20H2,1-3H3;1H/q+1;/p-1. The van der Waals surface area contributed by atoms with Crippen LogP contribution in [0.2, 0.25) is 0 Å². The molecule has 0 aliphatic heterocycles. The summed E-state index contributed by atoms with van der Waals surface area (Å²) < 4.78 is 0.704. The van der Waals surface area contributed by atoms with E-state index < -0.39 is 0 Å². The van der Waals surface area contributed by atoms with Gasteiger partial charge in [0.1, 0.15) is 19.2 Å². The van der Waals surface area contributed by atoms with E-state index in [1.54, 1.807) is 0 Å². The number of nitrogens with zero attached hydrogens (tertiary/aromatic N) is 1. The third-order valence-electron chi connectivity index (χ3n) is 5.05. The van der Waals surface area contributed by atoms with Crippen molar-refractivity contribution in [1.82, 2.24) is 0 Å². The third-order valence-corrected chi connectivity index (χ3v) is 5.05. The van der Waals surface area contributed by atoms with Gasteiger partial charge in [-0.1, -0.05) is 90.4 Å². The molecule has 0 heterocycles. The number of quaternary nitrogens is 1. The molecule has 0 fully saturated rings. The van der Waals surface area contributed by atoms with Crippen LogP contribution in [0.15, 0.2) is 0 Å². The number of aliphatic hydroxyl groups is 2. The highest BCUT2D eigenvalue weighted by atomic mass is 127. The second kappa shape index (κ2) is 19.4. The van der Waals surface area contributed by atoms with Gasteiger partial charge in [0.2, 0.25) is 0 Å². The fourth-order valence-corrected chi connectivity index (χ4v) is 3.42. The van der Waals surface area contributed by atoms with Gasteiger partial charge in [-0.05, 0) is 6.42 Å². The summed E-state index contributed by atoms with van der Waals surface area (Å²) in [6.45, 7) is 3.94. The Balaban J connectivity index is 0. The van der Waals surface area contributed by atoms with E-state index in [2.05, 4.69) is 21.0 Å². The summed E-state index contributed by atoms with van der Waals surface area (Å²) in [6, 6.07) is 0. The summed E-state index contributed by atoms with van der Waals surface area (Å²) >= 11 is 0. The highest BCUT2D eigenvalue weighted by Gasteiger charge is 2.19. The second-order valence-corrected chi connectivity index (χ2v) is 8.25. The number of hydrogen-bond donors (Lipinski definition) is 2. The summed E-state index contributed by atoms with van der Waals surface area (Å²) in [5.41, 5.74) is 0. The van der Waals surface area contributed by atoms with E-state index in [0.717, 1.165) is 25.9 Å². The quantitative estimate of drug-likeness (QED) is 0.182. The van der Waals surface area contributed by atoms with Crippen LogP contribution >= 0.6 is 0 Å². The van der Waals surface area contributed by atoms with Crippen molar-refractivity contribution in [3.8, 4) is 0 Å². The fourth-order valence-electron chi connectivity index (χ4n) is 3.42. The van der Waals surface area contributed by atoms with Crippen molar-refractivity contribution in [2.75, 3.05) is 33.8 Å². The Morgan fingerprint density at radius 3 is 1.52 bits per heavy atom. The largest absolute Gasteiger partial charge is 1.00 e. The number of likely N-dealkylation sites (N-methyl/N-ethyl adjacent to an activating group) is 1. The molecule has 1 unspecified atom stereocenters. The predicted molar refractivity (Wildman–Crippen MR) is 105 cm³/mol. The molecular formula is C21H46INO2. The van der Waals surface area contributed by atoms with Crippen molar-refractivity contribution in [3.05, 3.63) is 0 Å². The first kappa shape index (κ1) is 27.8. The normalized spacial score (nSPS) is 12.8. The summed E-state index contributed by atoms with van der Waals surface area (Å²) in [5.74, 6) is 0. The minimum absolute atomic E-state index is 0. The molecule has 0 rings (SSSR count). The molecule has 0 aromatic carbocycles. The Hall–Kier alpha value is 0.610. The van der Waals surface area contributed by atoms with E-state index in [4.69, 9.17) is 5.11 Å². The Kier molecular flexibility index (Phi) is 21.6. The molecule has 0 aromatic heterocycles. The Labute approximate surface area is 175 Å². The maximum Gasteiger partial charge on any atom is 0.105 e. The van der Waals surface area contributed by atoms with Gasteiger partial charge in [-0.3, -0.25) is 0 Å². The van der Waals surface area contributed by atoms with Gasteiger partial charge in [-0.2, -0.15) is 0 Å². The van der Waals surface area contributed by atoms with Crippen molar-refractivity contribution >= 4 is 0 Å². The highest BCUT2D eigenvalue weighted by Crippen LogP contribution is 2.14.